The highest BCUT2D eigenvalue weighted by molar-refractivity contribution is 6.37. The number of halogens is 2. The van der Waals surface area contributed by atoms with Gasteiger partial charge in [0.2, 0.25) is 5.95 Å². The van der Waals surface area contributed by atoms with Gasteiger partial charge in [0.15, 0.2) is 0 Å². The smallest absolute Gasteiger partial charge is 0.318 e. The van der Waals surface area contributed by atoms with Gasteiger partial charge in [-0.1, -0.05) is 23.2 Å². The van der Waals surface area contributed by atoms with Gasteiger partial charge in [0.25, 0.3) is 0 Å². The fourth-order valence-electron chi connectivity index (χ4n) is 3.46. The number of nitrogens with zero attached hydrogens (tertiary/aromatic N) is 5. The van der Waals surface area contributed by atoms with Crippen molar-refractivity contribution in [1.82, 2.24) is 30.0 Å². The first-order valence-corrected chi connectivity index (χ1v) is 10.5. The quantitative estimate of drug-likeness (QED) is 0.581. The van der Waals surface area contributed by atoms with Crippen LogP contribution in [0.5, 0.6) is 5.75 Å². The van der Waals surface area contributed by atoms with Crippen molar-refractivity contribution in [2.75, 3.05) is 18.9 Å². The summed E-state index contributed by atoms with van der Waals surface area (Å²) in [4.78, 5) is 22.8. The molecule has 0 unspecified atom stereocenters. The summed E-state index contributed by atoms with van der Waals surface area (Å²) in [6.07, 6.45) is 3.55. The van der Waals surface area contributed by atoms with Crippen molar-refractivity contribution >= 4 is 35.2 Å². The Morgan fingerprint density at radius 3 is 2.87 bits per heavy atom. The maximum absolute atomic E-state index is 12.3. The Morgan fingerprint density at radius 2 is 2.13 bits per heavy atom. The van der Waals surface area contributed by atoms with Gasteiger partial charge < -0.3 is 20.7 Å². The summed E-state index contributed by atoms with van der Waals surface area (Å²) in [7, 11) is 0. The second-order valence-electron chi connectivity index (χ2n) is 6.93. The number of carbonyl (C=O) groups is 1. The lowest BCUT2D eigenvalue weighted by Crippen LogP contribution is -2.36. The molecule has 0 radical (unpaired) electrons. The average Bonchev–Trinajstić information content (AvgIpc) is 3.37. The van der Waals surface area contributed by atoms with E-state index in [9.17, 15) is 4.79 Å². The van der Waals surface area contributed by atoms with E-state index in [0.717, 1.165) is 5.56 Å². The molecule has 3 N–H and O–H groups in total. The van der Waals surface area contributed by atoms with Crippen molar-refractivity contribution in [2.45, 2.75) is 26.6 Å². The number of hydrogen-bond donors (Lipinski definition) is 2. The van der Waals surface area contributed by atoms with Crippen molar-refractivity contribution < 1.29 is 9.53 Å². The number of rotatable bonds is 6. The van der Waals surface area contributed by atoms with Gasteiger partial charge >= 0.3 is 6.03 Å². The Bertz CT molecular complexity index is 1110. The monoisotopic (exact) mass is 461 g/mol. The summed E-state index contributed by atoms with van der Waals surface area (Å²) in [6, 6.07) is 4.98. The van der Waals surface area contributed by atoms with E-state index in [1.54, 1.807) is 27.9 Å². The van der Waals surface area contributed by atoms with Gasteiger partial charge in [-0.25, -0.2) is 14.8 Å². The zero-order chi connectivity index (χ0) is 22.0. The number of amides is 2. The van der Waals surface area contributed by atoms with Crippen LogP contribution < -0.4 is 15.8 Å². The third-order valence-corrected chi connectivity index (χ3v) is 5.32. The molecule has 3 aromatic rings. The second kappa shape index (κ2) is 8.99. The van der Waals surface area contributed by atoms with Crippen molar-refractivity contribution in [1.29, 1.82) is 0 Å². The van der Waals surface area contributed by atoms with Crippen LogP contribution in [0.4, 0.5) is 10.7 Å². The molecule has 0 fully saturated rings. The number of carbonyl (C=O) groups excluding carboxylic acids is 1. The van der Waals surface area contributed by atoms with Crippen LogP contribution in [0.15, 0.2) is 30.6 Å². The van der Waals surface area contributed by atoms with Gasteiger partial charge in [-0.15, -0.1) is 0 Å². The van der Waals surface area contributed by atoms with E-state index in [1.807, 2.05) is 19.2 Å². The Balaban J connectivity index is 1.69. The van der Waals surface area contributed by atoms with Crippen molar-refractivity contribution in [3.8, 4) is 17.0 Å². The number of ether oxygens (including phenoxy) is 1. The number of benzene rings is 1. The van der Waals surface area contributed by atoms with E-state index in [4.69, 9.17) is 33.7 Å². The number of anilines is 1. The lowest BCUT2D eigenvalue weighted by molar-refractivity contribution is 0.199. The van der Waals surface area contributed by atoms with Gasteiger partial charge in [0, 0.05) is 29.5 Å². The van der Waals surface area contributed by atoms with Crippen LogP contribution in [0.2, 0.25) is 10.0 Å². The highest BCUT2D eigenvalue weighted by Crippen LogP contribution is 2.42. The highest BCUT2D eigenvalue weighted by Gasteiger charge is 2.30. The fraction of sp³-hybridized carbons (Fsp3) is 0.300. The molecule has 0 atom stereocenters. The fourth-order valence-corrected chi connectivity index (χ4v) is 4.03. The summed E-state index contributed by atoms with van der Waals surface area (Å²) in [5, 5.41) is 7.77. The molecule has 9 nitrogen and oxygen atoms in total. The maximum atomic E-state index is 12.3. The molecule has 2 amide bonds. The molecule has 1 aromatic carbocycles. The molecule has 0 saturated heterocycles. The Kier molecular flexibility index (Phi) is 6.15. The Labute approximate surface area is 189 Å². The van der Waals surface area contributed by atoms with E-state index in [1.165, 1.54) is 0 Å². The van der Waals surface area contributed by atoms with Crippen LogP contribution >= 0.6 is 23.2 Å². The van der Waals surface area contributed by atoms with Crippen molar-refractivity contribution in [2.24, 2.45) is 0 Å². The molecule has 2 aromatic heterocycles. The molecule has 4 rings (SSSR count). The predicted octanol–water partition coefficient (Wildman–Crippen LogP) is 3.35. The number of aromatic nitrogens is 4. The number of fused-ring (bicyclic) bond motifs is 1. The average molecular weight is 462 g/mol. The van der Waals surface area contributed by atoms with Crippen LogP contribution in [-0.4, -0.2) is 43.8 Å². The molecular formula is C20H21Cl2N7O2. The van der Waals surface area contributed by atoms with Crippen molar-refractivity contribution in [3.05, 3.63) is 51.9 Å². The third kappa shape index (κ3) is 4.52. The van der Waals surface area contributed by atoms with E-state index in [0.29, 0.717) is 65.5 Å². The lowest BCUT2D eigenvalue weighted by Gasteiger charge is -2.17. The number of nitrogens with one attached hydrogen (secondary N) is 1. The van der Waals surface area contributed by atoms with E-state index in [-0.39, 0.29) is 12.0 Å². The predicted molar refractivity (Wildman–Crippen MR) is 118 cm³/mol. The van der Waals surface area contributed by atoms with E-state index in [2.05, 4.69) is 20.4 Å². The molecule has 0 bridgehead atoms. The van der Waals surface area contributed by atoms with Crippen LogP contribution in [0, 0.1) is 0 Å². The SMILES string of the molecule is CCNC(=O)N1Cc2nc(N)nc(-c3c(Cl)cc(Cl)cc3OCCn3cccn3)c2C1. The zero-order valence-corrected chi connectivity index (χ0v) is 18.3. The first-order chi connectivity index (χ1) is 15.0. The van der Waals surface area contributed by atoms with Gasteiger partial charge in [0.05, 0.1) is 41.6 Å². The number of nitrogens with two attached hydrogens (primary N) is 1. The van der Waals surface area contributed by atoms with Gasteiger partial charge in [-0.05, 0) is 25.1 Å². The van der Waals surface area contributed by atoms with Crippen molar-refractivity contribution in [3.63, 3.8) is 0 Å². The molecule has 3 heterocycles. The first kappa shape index (κ1) is 21.2. The standard InChI is InChI=1S/C20H21Cl2N7O2/c1-2-24-20(30)28-10-13-15(11-28)26-19(23)27-18(13)17-14(22)8-12(21)9-16(17)31-7-6-29-5-3-4-25-29/h3-5,8-9H,2,6-7,10-11H2,1H3,(H,24,30)(H2,23,26,27). The first-order valence-electron chi connectivity index (χ1n) is 9.74. The maximum Gasteiger partial charge on any atom is 0.318 e. The number of urea groups is 1. The van der Waals surface area contributed by atoms with Crippen LogP contribution in [-0.2, 0) is 19.6 Å². The molecular weight excluding hydrogens is 441 g/mol. The Morgan fingerprint density at radius 1 is 1.29 bits per heavy atom. The molecule has 1 aliphatic rings. The summed E-state index contributed by atoms with van der Waals surface area (Å²) in [6.45, 7) is 3.96. The normalized spacial score (nSPS) is 12.7. The molecule has 0 saturated carbocycles. The lowest BCUT2D eigenvalue weighted by atomic mass is 10.0. The van der Waals surface area contributed by atoms with E-state index >= 15 is 0 Å². The minimum absolute atomic E-state index is 0.0972. The molecule has 1 aliphatic heterocycles. The highest BCUT2D eigenvalue weighted by atomic mass is 35.5. The molecule has 0 aliphatic carbocycles. The molecule has 11 heteroatoms. The topological polar surface area (TPSA) is 111 Å². The van der Waals surface area contributed by atoms with Gasteiger partial charge in [0.1, 0.15) is 12.4 Å². The van der Waals surface area contributed by atoms with Gasteiger partial charge in [-0.3, -0.25) is 4.68 Å². The summed E-state index contributed by atoms with van der Waals surface area (Å²) in [5.41, 5.74) is 8.54. The van der Waals surface area contributed by atoms with Crippen LogP contribution in [0.25, 0.3) is 11.3 Å². The third-order valence-electron chi connectivity index (χ3n) is 4.81. The van der Waals surface area contributed by atoms with Crippen LogP contribution in [0.3, 0.4) is 0 Å². The minimum atomic E-state index is -0.178. The summed E-state index contributed by atoms with van der Waals surface area (Å²) >= 11 is 12.8. The van der Waals surface area contributed by atoms with E-state index < -0.39 is 0 Å². The molecule has 162 valence electrons. The van der Waals surface area contributed by atoms with Gasteiger partial charge in [-0.2, -0.15) is 5.10 Å². The largest absolute Gasteiger partial charge is 0.491 e. The second-order valence-corrected chi connectivity index (χ2v) is 7.77. The Hall–Kier alpha value is -3.04. The minimum Gasteiger partial charge on any atom is -0.491 e. The van der Waals surface area contributed by atoms with Crippen LogP contribution in [0.1, 0.15) is 18.2 Å². The molecule has 31 heavy (non-hydrogen) atoms. The summed E-state index contributed by atoms with van der Waals surface area (Å²) < 4.78 is 7.78. The zero-order valence-electron chi connectivity index (χ0n) is 16.8. The number of hydrogen-bond acceptors (Lipinski definition) is 6. The number of nitrogen functional groups attached to an aromatic ring is 1. The summed E-state index contributed by atoms with van der Waals surface area (Å²) in [5.74, 6) is 0.571. The molecule has 0 spiro atoms.